The average Bonchev–Trinajstić information content (AvgIpc) is 2.63. The third-order valence-electron chi connectivity index (χ3n) is 3.72. The predicted octanol–water partition coefficient (Wildman–Crippen LogP) is 3.30. The first-order valence-electron chi connectivity index (χ1n) is 8.46. The van der Waals surface area contributed by atoms with Gasteiger partial charge in [-0.3, -0.25) is 9.59 Å². The van der Waals surface area contributed by atoms with E-state index in [1.807, 2.05) is 37.3 Å². The molecule has 0 saturated heterocycles. The fourth-order valence-electron chi connectivity index (χ4n) is 2.60. The average molecular weight is 356 g/mol. The highest BCUT2D eigenvalue weighted by Crippen LogP contribution is 2.30. The van der Waals surface area contributed by atoms with Crippen LogP contribution in [0.1, 0.15) is 31.9 Å². The second-order valence-electron chi connectivity index (χ2n) is 5.71. The number of hydrogen-bond acceptors (Lipinski definition) is 4. The van der Waals surface area contributed by atoms with Gasteiger partial charge in [0.15, 0.2) is 11.5 Å². The molecule has 0 spiro atoms. The summed E-state index contributed by atoms with van der Waals surface area (Å²) in [6.45, 7) is 3.85. The highest BCUT2D eigenvalue weighted by Gasteiger charge is 2.17. The number of amides is 2. The van der Waals surface area contributed by atoms with Gasteiger partial charge >= 0.3 is 0 Å². The maximum Gasteiger partial charge on any atom is 0.226 e. The molecule has 6 heteroatoms. The number of benzene rings is 2. The van der Waals surface area contributed by atoms with Crippen molar-refractivity contribution in [1.82, 2.24) is 5.32 Å². The third-order valence-corrected chi connectivity index (χ3v) is 3.72. The Labute approximate surface area is 153 Å². The molecule has 2 aromatic rings. The number of carbonyl (C=O) groups excluding carboxylic acids is 2. The van der Waals surface area contributed by atoms with E-state index in [2.05, 4.69) is 10.6 Å². The summed E-state index contributed by atoms with van der Waals surface area (Å²) in [7, 11) is 1.55. The molecule has 0 aliphatic rings. The molecule has 26 heavy (non-hydrogen) atoms. The van der Waals surface area contributed by atoms with E-state index in [0.29, 0.717) is 23.8 Å². The topological polar surface area (TPSA) is 76.7 Å². The Morgan fingerprint density at radius 3 is 2.42 bits per heavy atom. The molecule has 2 aromatic carbocycles. The first-order valence-corrected chi connectivity index (χ1v) is 8.46. The number of ether oxygens (including phenoxy) is 2. The number of carbonyl (C=O) groups is 2. The summed E-state index contributed by atoms with van der Waals surface area (Å²) >= 11 is 0. The molecule has 0 unspecified atom stereocenters. The number of rotatable bonds is 8. The van der Waals surface area contributed by atoms with Crippen molar-refractivity contribution >= 4 is 17.5 Å². The number of methoxy groups -OCH3 is 1. The van der Waals surface area contributed by atoms with Crippen LogP contribution in [0.25, 0.3) is 0 Å². The van der Waals surface area contributed by atoms with Crippen LogP contribution >= 0.6 is 0 Å². The molecule has 138 valence electrons. The van der Waals surface area contributed by atoms with Gasteiger partial charge in [-0.25, -0.2) is 0 Å². The molecule has 0 aliphatic carbocycles. The van der Waals surface area contributed by atoms with E-state index in [-0.39, 0.29) is 18.2 Å². The minimum absolute atomic E-state index is 0.124. The molecule has 1 atom stereocenters. The van der Waals surface area contributed by atoms with Crippen molar-refractivity contribution in [3.8, 4) is 11.5 Å². The molecular formula is C20H24N2O4. The van der Waals surface area contributed by atoms with Gasteiger partial charge in [0.1, 0.15) is 0 Å². The first kappa shape index (κ1) is 19.3. The van der Waals surface area contributed by atoms with Gasteiger partial charge in [-0.15, -0.1) is 0 Å². The van der Waals surface area contributed by atoms with Gasteiger partial charge in [-0.05, 0) is 24.6 Å². The lowest BCUT2D eigenvalue weighted by atomic mass is 10.0. The van der Waals surface area contributed by atoms with Gasteiger partial charge in [0.2, 0.25) is 11.8 Å². The van der Waals surface area contributed by atoms with Gasteiger partial charge in [0, 0.05) is 18.7 Å². The normalized spacial score (nSPS) is 11.3. The minimum atomic E-state index is -0.390. The lowest BCUT2D eigenvalue weighted by Crippen LogP contribution is -2.29. The summed E-state index contributed by atoms with van der Waals surface area (Å²) in [6.07, 6.45) is 0.124. The van der Waals surface area contributed by atoms with E-state index in [1.54, 1.807) is 25.3 Å². The Hall–Kier alpha value is -3.02. The van der Waals surface area contributed by atoms with Gasteiger partial charge in [0.25, 0.3) is 0 Å². The van der Waals surface area contributed by atoms with E-state index in [0.717, 1.165) is 5.56 Å². The summed E-state index contributed by atoms with van der Waals surface area (Å²) in [4.78, 5) is 23.9. The van der Waals surface area contributed by atoms with Crippen molar-refractivity contribution in [1.29, 1.82) is 0 Å². The van der Waals surface area contributed by atoms with Gasteiger partial charge < -0.3 is 20.1 Å². The fraction of sp³-hybridized carbons (Fsp3) is 0.300. The minimum Gasteiger partial charge on any atom is -0.493 e. The molecule has 0 aromatic heterocycles. The highest BCUT2D eigenvalue weighted by atomic mass is 16.5. The van der Waals surface area contributed by atoms with Crippen molar-refractivity contribution in [2.24, 2.45) is 0 Å². The first-order chi connectivity index (χ1) is 12.5. The predicted molar refractivity (Wildman–Crippen MR) is 100 cm³/mol. The number of hydrogen-bond donors (Lipinski definition) is 2. The van der Waals surface area contributed by atoms with E-state index in [1.165, 1.54) is 6.92 Å². The summed E-state index contributed by atoms with van der Waals surface area (Å²) in [5.41, 5.74) is 1.48. The zero-order chi connectivity index (χ0) is 18.9. The fourth-order valence-corrected chi connectivity index (χ4v) is 2.60. The largest absolute Gasteiger partial charge is 0.493 e. The van der Waals surface area contributed by atoms with Crippen molar-refractivity contribution in [2.45, 2.75) is 26.3 Å². The van der Waals surface area contributed by atoms with Crippen LogP contribution in [0, 0.1) is 0 Å². The van der Waals surface area contributed by atoms with Gasteiger partial charge in [-0.2, -0.15) is 0 Å². The Balaban J connectivity index is 2.09. The summed E-state index contributed by atoms with van der Waals surface area (Å²) in [6, 6.07) is 14.2. The Morgan fingerprint density at radius 1 is 1.08 bits per heavy atom. The van der Waals surface area contributed by atoms with E-state index >= 15 is 0 Å². The molecule has 6 nitrogen and oxygen atoms in total. The van der Waals surface area contributed by atoms with E-state index in [4.69, 9.17) is 9.47 Å². The van der Waals surface area contributed by atoms with Gasteiger partial charge in [-0.1, -0.05) is 30.3 Å². The quantitative estimate of drug-likeness (QED) is 0.761. The molecule has 0 bridgehead atoms. The van der Waals surface area contributed by atoms with Crippen molar-refractivity contribution < 1.29 is 19.1 Å². The van der Waals surface area contributed by atoms with Crippen molar-refractivity contribution in [3.05, 3.63) is 54.1 Å². The summed E-state index contributed by atoms with van der Waals surface area (Å²) < 4.78 is 10.8. The molecule has 0 heterocycles. The van der Waals surface area contributed by atoms with Crippen LogP contribution < -0.4 is 20.1 Å². The standard InChI is InChI=1S/C20H24N2O4/c1-4-26-18-11-10-16(12-19(18)25-3)22-20(24)13-17(21-14(2)23)15-8-6-5-7-9-15/h5-12,17H,4,13H2,1-3H3,(H,21,23)(H,22,24)/t17-/m0/s1. The Kier molecular flexibility index (Phi) is 7.02. The number of anilines is 1. The smallest absolute Gasteiger partial charge is 0.226 e. The van der Waals surface area contributed by atoms with Crippen LogP contribution in [0.15, 0.2) is 48.5 Å². The summed E-state index contributed by atoms with van der Waals surface area (Å²) in [5, 5.41) is 5.65. The van der Waals surface area contributed by atoms with Crippen molar-refractivity contribution in [3.63, 3.8) is 0 Å². The third kappa shape index (κ3) is 5.51. The molecule has 2 N–H and O–H groups in total. The molecule has 0 saturated carbocycles. The van der Waals surface area contributed by atoms with Crippen LogP contribution in [0.4, 0.5) is 5.69 Å². The second kappa shape index (κ2) is 9.46. The van der Waals surface area contributed by atoms with Crippen LogP contribution in [-0.4, -0.2) is 25.5 Å². The molecular weight excluding hydrogens is 332 g/mol. The molecule has 2 rings (SSSR count). The van der Waals surface area contributed by atoms with Gasteiger partial charge in [0.05, 0.1) is 26.2 Å². The number of nitrogens with one attached hydrogen (secondary N) is 2. The van der Waals surface area contributed by atoms with E-state index < -0.39 is 6.04 Å². The Bertz CT molecular complexity index is 747. The maximum atomic E-state index is 12.5. The lowest BCUT2D eigenvalue weighted by Gasteiger charge is -2.18. The monoisotopic (exact) mass is 356 g/mol. The SMILES string of the molecule is CCOc1ccc(NC(=O)C[C@H](NC(C)=O)c2ccccc2)cc1OC. The lowest BCUT2D eigenvalue weighted by molar-refractivity contribution is -0.120. The highest BCUT2D eigenvalue weighted by molar-refractivity contribution is 5.92. The molecule has 2 amide bonds. The van der Waals surface area contributed by atoms with Crippen LogP contribution in [0.2, 0.25) is 0 Å². The van der Waals surface area contributed by atoms with Crippen LogP contribution in [-0.2, 0) is 9.59 Å². The zero-order valence-electron chi connectivity index (χ0n) is 15.2. The zero-order valence-corrected chi connectivity index (χ0v) is 15.2. The molecule has 0 fully saturated rings. The van der Waals surface area contributed by atoms with E-state index in [9.17, 15) is 9.59 Å². The maximum absolute atomic E-state index is 12.5. The second-order valence-corrected chi connectivity index (χ2v) is 5.71. The van der Waals surface area contributed by atoms with Crippen molar-refractivity contribution in [2.75, 3.05) is 19.0 Å². The summed E-state index contributed by atoms with van der Waals surface area (Å²) in [5.74, 6) is 0.771. The van der Waals surface area contributed by atoms with Crippen LogP contribution in [0.3, 0.4) is 0 Å². The Morgan fingerprint density at radius 2 is 1.81 bits per heavy atom. The molecule has 0 radical (unpaired) electrons. The molecule has 0 aliphatic heterocycles. The van der Waals surface area contributed by atoms with Crippen LogP contribution in [0.5, 0.6) is 11.5 Å².